The van der Waals surface area contributed by atoms with E-state index in [1.54, 1.807) is 43.3 Å². The number of alkyl halides is 3. The van der Waals surface area contributed by atoms with Gasteiger partial charge in [0.25, 0.3) is 5.91 Å². The third-order valence-electron chi connectivity index (χ3n) is 4.99. The molecule has 2 aromatic heterocycles. The molecule has 2 heterocycles. The molecule has 0 saturated heterocycles. The third kappa shape index (κ3) is 5.32. The Labute approximate surface area is 203 Å². The lowest BCUT2D eigenvalue weighted by Gasteiger charge is -2.15. The first-order valence-corrected chi connectivity index (χ1v) is 10.4. The van der Waals surface area contributed by atoms with Crippen molar-refractivity contribution in [1.82, 2.24) is 19.9 Å². The first-order chi connectivity index (χ1) is 17.0. The quantitative estimate of drug-likeness (QED) is 0.407. The Morgan fingerprint density at radius 2 is 1.61 bits per heavy atom. The molecule has 2 aromatic carbocycles. The Morgan fingerprint density at radius 3 is 2.19 bits per heavy atom. The minimum atomic E-state index is -4.54. The van der Waals surface area contributed by atoms with E-state index in [-0.39, 0.29) is 28.6 Å². The van der Waals surface area contributed by atoms with E-state index in [0.29, 0.717) is 22.8 Å². The molecule has 0 atom stereocenters. The maximum atomic E-state index is 13.4. The minimum Gasteiger partial charge on any atom is -0.457 e. The van der Waals surface area contributed by atoms with Crippen molar-refractivity contribution >= 4 is 17.7 Å². The maximum Gasteiger partial charge on any atom is 0.416 e. The number of carbonyl (C=O) groups excluding carboxylic acids is 1. The van der Waals surface area contributed by atoms with Gasteiger partial charge < -0.3 is 21.1 Å². The van der Waals surface area contributed by atoms with Gasteiger partial charge in [0.15, 0.2) is 5.82 Å². The number of nitrogens with two attached hydrogens (primary N) is 2. The number of hydrogen-bond acceptors (Lipinski definition) is 8. The van der Waals surface area contributed by atoms with Gasteiger partial charge in [0.1, 0.15) is 23.0 Å². The van der Waals surface area contributed by atoms with Crippen molar-refractivity contribution in [3.05, 3.63) is 72.2 Å². The molecule has 4 aromatic rings. The predicted molar refractivity (Wildman–Crippen MR) is 127 cm³/mol. The number of aromatic nitrogens is 4. The van der Waals surface area contributed by atoms with Crippen LogP contribution in [0.25, 0.3) is 22.5 Å². The van der Waals surface area contributed by atoms with Gasteiger partial charge in [-0.25, -0.2) is 19.9 Å². The van der Waals surface area contributed by atoms with Crippen molar-refractivity contribution in [1.29, 1.82) is 0 Å². The largest absolute Gasteiger partial charge is 0.457 e. The normalized spacial score (nSPS) is 11.2. The Balaban J connectivity index is 1.68. The number of rotatable bonds is 6. The van der Waals surface area contributed by atoms with Crippen LogP contribution in [-0.4, -0.2) is 39.9 Å². The number of anilines is 2. The molecule has 4 N–H and O–H groups in total. The van der Waals surface area contributed by atoms with Crippen LogP contribution < -0.4 is 21.1 Å². The van der Waals surface area contributed by atoms with E-state index >= 15 is 0 Å². The molecule has 0 radical (unpaired) electrons. The zero-order valence-corrected chi connectivity index (χ0v) is 19.1. The van der Waals surface area contributed by atoms with Crippen molar-refractivity contribution in [3.63, 3.8) is 0 Å². The topological polar surface area (TPSA) is 133 Å². The van der Waals surface area contributed by atoms with Gasteiger partial charge in [-0.05, 0) is 42.5 Å². The maximum absolute atomic E-state index is 13.4. The number of nitrogen functional groups attached to an aromatic ring is 1. The lowest BCUT2D eigenvalue weighted by molar-refractivity contribution is -0.137. The number of nitrogens with zero attached hydrogens (tertiary/aromatic N) is 5. The standard InChI is InChI=1S/C24H20F3N7O2/c1-34(2)23-30-11-14(12-31-23)17-9-15(24(25,26)27)5-8-19(17)36-16-6-3-13(4-7-16)22-32-18(21(29)35)10-20(28)33-22/h3-12H,1-2H3,(H2,29,35)(H2,28,32,33). The lowest BCUT2D eigenvalue weighted by atomic mass is 10.0. The summed E-state index contributed by atoms with van der Waals surface area (Å²) in [5.41, 5.74) is 11.2. The molecule has 1 amide bonds. The van der Waals surface area contributed by atoms with Crippen LogP contribution in [-0.2, 0) is 6.18 Å². The summed E-state index contributed by atoms with van der Waals surface area (Å²) >= 11 is 0. The molecule has 36 heavy (non-hydrogen) atoms. The molecular formula is C24H20F3N7O2. The van der Waals surface area contributed by atoms with Crippen LogP contribution in [0.15, 0.2) is 60.9 Å². The van der Waals surface area contributed by atoms with Gasteiger partial charge >= 0.3 is 6.18 Å². The molecule has 9 nitrogen and oxygen atoms in total. The van der Waals surface area contributed by atoms with E-state index in [2.05, 4.69) is 19.9 Å². The fraction of sp³-hybridized carbons (Fsp3) is 0.125. The van der Waals surface area contributed by atoms with Crippen molar-refractivity contribution < 1.29 is 22.7 Å². The molecule has 0 unspecified atom stereocenters. The summed E-state index contributed by atoms with van der Waals surface area (Å²) in [6.45, 7) is 0. The zero-order valence-electron chi connectivity index (χ0n) is 19.1. The van der Waals surface area contributed by atoms with Crippen molar-refractivity contribution in [2.45, 2.75) is 6.18 Å². The Hall–Kier alpha value is -4.74. The molecule has 0 aliphatic carbocycles. The second kappa shape index (κ2) is 9.49. The second-order valence-electron chi connectivity index (χ2n) is 7.87. The zero-order chi connectivity index (χ0) is 26.0. The lowest BCUT2D eigenvalue weighted by Crippen LogP contribution is -2.14. The van der Waals surface area contributed by atoms with E-state index in [9.17, 15) is 18.0 Å². The van der Waals surface area contributed by atoms with Crippen LogP contribution in [0.2, 0.25) is 0 Å². The molecule has 0 aliphatic rings. The Morgan fingerprint density at radius 1 is 0.944 bits per heavy atom. The molecule has 184 valence electrons. The SMILES string of the molecule is CN(C)c1ncc(-c2cc(C(F)(F)F)ccc2Oc2ccc(-c3nc(N)cc(C(N)=O)n3)cc2)cn1. The molecule has 0 fully saturated rings. The summed E-state index contributed by atoms with van der Waals surface area (Å²) in [5, 5.41) is 0. The van der Waals surface area contributed by atoms with Gasteiger partial charge in [-0.1, -0.05) is 0 Å². The number of primary amides is 1. The van der Waals surface area contributed by atoms with Crippen molar-refractivity contribution in [2.75, 3.05) is 24.7 Å². The highest BCUT2D eigenvalue weighted by Crippen LogP contribution is 2.39. The van der Waals surface area contributed by atoms with Crippen LogP contribution in [0, 0.1) is 0 Å². The molecule has 0 spiro atoms. The van der Waals surface area contributed by atoms with Gasteiger partial charge in [0, 0.05) is 49.2 Å². The van der Waals surface area contributed by atoms with Gasteiger partial charge in [-0.2, -0.15) is 13.2 Å². The number of ether oxygens (including phenoxy) is 1. The Kier molecular flexibility index (Phi) is 6.43. The summed E-state index contributed by atoms with van der Waals surface area (Å²) in [6, 6.07) is 10.8. The average molecular weight is 495 g/mol. The summed E-state index contributed by atoms with van der Waals surface area (Å²) < 4.78 is 46.1. The summed E-state index contributed by atoms with van der Waals surface area (Å²) in [5.74, 6) is 0.433. The third-order valence-corrected chi connectivity index (χ3v) is 4.99. The highest BCUT2D eigenvalue weighted by molar-refractivity contribution is 5.91. The first-order valence-electron chi connectivity index (χ1n) is 10.4. The molecule has 0 saturated carbocycles. The van der Waals surface area contributed by atoms with E-state index in [4.69, 9.17) is 16.2 Å². The number of hydrogen-bond donors (Lipinski definition) is 2. The van der Waals surface area contributed by atoms with Crippen LogP contribution >= 0.6 is 0 Å². The fourth-order valence-electron chi connectivity index (χ4n) is 3.23. The van der Waals surface area contributed by atoms with Gasteiger partial charge in [0.2, 0.25) is 5.95 Å². The van der Waals surface area contributed by atoms with Crippen molar-refractivity contribution in [2.24, 2.45) is 5.73 Å². The van der Waals surface area contributed by atoms with Gasteiger partial charge in [-0.3, -0.25) is 4.79 Å². The van der Waals surface area contributed by atoms with E-state index in [1.165, 1.54) is 24.5 Å². The number of amides is 1. The van der Waals surface area contributed by atoms with Gasteiger partial charge in [-0.15, -0.1) is 0 Å². The summed E-state index contributed by atoms with van der Waals surface area (Å²) in [6.07, 6.45) is -1.68. The molecule has 4 rings (SSSR count). The number of halogens is 3. The number of benzene rings is 2. The molecule has 0 bridgehead atoms. The van der Waals surface area contributed by atoms with Crippen LogP contribution in [0.4, 0.5) is 24.9 Å². The van der Waals surface area contributed by atoms with Crippen LogP contribution in [0.1, 0.15) is 16.1 Å². The van der Waals surface area contributed by atoms with E-state index in [1.807, 2.05) is 0 Å². The highest BCUT2D eigenvalue weighted by atomic mass is 19.4. The molecule has 0 aliphatic heterocycles. The summed E-state index contributed by atoms with van der Waals surface area (Å²) in [7, 11) is 3.50. The minimum absolute atomic E-state index is 0.0327. The van der Waals surface area contributed by atoms with Crippen LogP contribution in [0.3, 0.4) is 0 Å². The highest BCUT2D eigenvalue weighted by Gasteiger charge is 2.31. The second-order valence-corrected chi connectivity index (χ2v) is 7.87. The molecule has 12 heteroatoms. The van der Waals surface area contributed by atoms with Gasteiger partial charge in [0.05, 0.1) is 5.56 Å². The predicted octanol–water partition coefficient (Wildman–Crippen LogP) is 4.16. The molecular weight excluding hydrogens is 475 g/mol. The first kappa shape index (κ1) is 24.4. The summed E-state index contributed by atoms with van der Waals surface area (Å²) in [4.78, 5) is 29.7. The number of carbonyl (C=O) groups is 1. The Bertz CT molecular complexity index is 1410. The van der Waals surface area contributed by atoms with E-state index in [0.717, 1.165) is 12.1 Å². The average Bonchev–Trinajstić information content (AvgIpc) is 2.83. The van der Waals surface area contributed by atoms with Crippen LogP contribution in [0.5, 0.6) is 11.5 Å². The van der Waals surface area contributed by atoms with Crippen molar-refractivity contribution in [3.8, 4) is 34.0 Å². The monoisotopic (exact) mass is 495 g/mol. The smallest absolute Gasteiger partial charge is 0.416 e. The fourth-order valence-corrected chi connectivity index (χ4v) is 3.23. The van der Waals surface area contributed by atoms with E-state index < -0.39 is 17.6 Å².